The summed E-state index contributed by atoms with van der Waals surface area (Å²) in [6.45, 7) is 1.19. The number of hydrogen-bond acceptors (Lipinski definition) is 10. The van der Waals surface area contributed by atoms with Gasteiger partial charge in [0.25, 0.3) is 0 Å². The van der Waals surface area contributed by atoms with Crippen molar-refractivity contribution < 1.29 is 42.8 Å². The summed E-state index contributed by atoms with van der Waals surface area (Å²) in [5.74, 6) is -2.68. The second-order valence-electron chi connectivity index (χ2n) is 7.51. The van der Waals surface area contributed by atoms with Crippen LogP contribution in [-0.4, -0.2) is 48.1 Å². The van der Waals surface area contributed by atoms with Crippen molar-refractivity contribution in [3.05, 3.63) is 80.5 Å². The normalized spacial score (nSPS) is 11.8. The number of carboxylic acid groups (broad SMARTS) is 1. The molecule has 0 bridgehead atoms. The monoisotopic (exact) mass is 496 g/mol. The van der Waals surface area contributed by atoms with Crippen LogP contribution in [0, 0.1) is 0 Å². The average Bonchev–Trinajstić information content (AvgIpc) is 2.85. The Morgan fingerprint density at radius 2 is 1.36 bits per heavy atom. The molecule has 11 nitrogen and oxygen atoms in total. The van der Waals surface area contributed by atoms with E-state index in [0.717, 1.165) is 12.1 Å². The number of fused-ring (bicyclic) bond motifs is 2. The molecule has 0 aliphatic rings. The zero-order chi connectivity index (χ0) is 25.8. The quantitative estimate of drug-likeness (QED) is 0.327. The zero-order valence-corrected chi connectivity index (χ0v) is 18.9. The van der Waals surface area contributed by atoms with Crippen molar-refractivity contribution in [1.29, 1.82) is 0 Å². The van der Waals surface area contributed by atoms with Gasteiger partial charge in [-0.1, -0.05) is 12.1 Å². The SMILES string of the molecule is CCOC(=O)c1cc(=O)c2c(OCC(O)COc3cccc4oc(C(=O)O)cc(=O)c34)cccc2o1. The predicted octanol–water partition coefficient (Wildman–Crippen LogP) is 2.59. The van der Waals surface area contributed by atoms with Crippen LogP contribution in [-0.2, 0) is 4.74 Å². The van der Waals surface area contributed by atoms with E-state index in [9.17, 15) is 24.3 Å². The molecule has 0 saturated carbocycles. The summed E-state index contributed by atoms with van der Waals surface area (Å²) in [5.41, 5.74) is -1.01. The van der Waals surface area contributed by atoms with Crippen molar-refractivity contribution in [2.75, 3.05) is 19.8 Å². The maximum absolute atomic E-state index is 12.6. The molecule has 0 amide bonds. The Bertz CT molecular complexity index is 1560. The smallest absolute Gasteiger partial charge is 0.374 e. The van der Waals surface area contributed by atoms with Crippen LogP contribution >= 0.6 is 0 Å². The largest absolute Gasteiger partial charge is 0.490 e. The summed E-state index contributed by atoms with van der Waals surface area (Å²) in [6, 6.07) is 10.8. The Balaban J connectivity index is 1.48. The highest BCUT2D eigenvalue weighted by atomic mass is 16.5. The van der Waals surface area contributed by atoms with Crippen molar-refractivity contribution in [3.63, 3.8) is 0 Å². The highest BCUT2D eigenvalue weighted by molar-refractivity contribution is 5.91. The van der Waals surface area contributed by atoms with E-state index in [-0.39, 0.29) is 59.0 Å². The molecule has 1 atom stereocenters. The van der Waals surface area contributed by atoms with Crippen molar-refractivity contribution >= 4 is 33.9 Å². The molecule has 0 radical (unpaired) electrons. The predicted molar refractivity (Wildman–Crippen MR) is 125 cm³/mol. The van der Waals surface area contributed by atoms with Crippen LogP contribution in [0.2, 0.25) is 0 Å². The molecule has 11 heteroatoms. The molecule has 4 rings (SSSR count). The number of esters is 1. The number of carbonyl (C=O) groups excluding carboxylic acids is 1. The molecule has 36 heavy (non-hydrogen) atoms. The molecular weight excluding hydrogens is 476 g/mol. The van der Waals surface area contributed by atoms with Crippen molar-refractivity contribution in [2.24, 2.45) is 0 Å². The third kappa shape index (κ3) is 5.05. The molecule has 0 spiro atoms. The highest BCUT2D eigenvalue weighted by Crippen LogP contribution is 2.25. The Morgan fingerprint density at radius 1 is 0.861 bits per heavy atom. The molecule has 1 unspecified atom stereocenters. The minimum Gasteiger partial charge on any atom is -0.490 e. The van der Waals surface area contributed by atoms with Crippen LogP contribution in [0.5, 0.6) is 11.5 Å². The number of carbonyl (C=O) groups is 2. The van der Waals surface area contributed by atoms with E-state index in [1.54, 1.807) is 13.0 Å². The van der Waals surface area contributed by atoms with E-state index >= 15 is 0 Å². The molecular formula is C25H20O11. The third-order valence-corrected chi connectivity index (χ3v) is 4.98. The maximum atomic E-state index is 12.6. The van der Waals surface area contributed by atoms with Crippen molar-refractivity contribution in [1.82, 2.24) is 0 Å². The lowest BCUT2D eigenvalue weighted by atomic mass is 10.2. The van der Waals surface area contributed by atoms with E-state index in [4.69, 9.17) is 28.2 Å². The number of aliphatic hydroxyl groups is 1. The lowest BCUT2D eigenvalue weighted by molar-refractivity contribution is 0.0490. The first-order valence-electron chi connectivity index (χ1n) is 10.8. The van der Waals surface area contributed by atoms with Gasteiger partial charge in [-0.2, -0.15) is 0 Å². The van der Waals surface area contributed by atoms with Crippen LogP contribution in [0.25, 0.3) is 21.9 Å². The fraction of sp³-hybridized carbons (Fsp3) is 0.200. The van der Waals surface area contributed by atoms with Gasteiger partial charge in [-0.15, -0.1) is 0 Å². The number of ether oxygens (including phenoxy) is 3. The molecule has 0 aliphatic heterocycles. The summed E-state index contributed by atoms with van der Waals surface area (Å²) >= 11 is 0. The summed E-state index contributed by atoms with van der Waals surface area (Å²) in [5, 5.41) is 19.5. The lowest BCUT2D eigenvalue weighted by Gasteiger charge is -2.15. The van der Waals surface area contributed by atoms with Crippen LogP contribution < -0.4 is 20.3 Å². The first-order valence-corrected chi connectivity index (χ1v) is 10.8. The Kier molecular flexibility index (Phi) is 7.02. The van der Waals surface area contributed by atoms with Gasteiger partial charge in [0.1, 0.15) is 52.8 Å². The van der Waals surface area contributed by atoms with Gasteiger partial charge in [-0.05, 0) is 31.2 Å². The number of carboxylic acids is 1. The van der Waals surface area contributed by atoms with E-state index < -0.39 is 34.7 Å². The van der Waals surface area contributed by atoms with Crippen LogP contribution in [0.4, 0.5) is 0 Å². The maximum Gasteiger partial charge on any atom is 0.374 e. The summed E-state index contributed by atoms with van der Waals surface area (Å²) in [4.78, 5) is 48.0. The summed E-state index contributed by atoms with van der Waals surface area (Å²) in [7, 11) is 0. The van der Waals surface area contributed by atoms with E-state index in [0.29, 0.717) is 0 Å². The number of aromatic carboxylic acids is 1. The summed E-state index contributed by atoms with van der Waals surface area (Å²) in [6.07, 6.45) is -1.17. The molecule has 2 aromatic carbocycles. The fourth-order valence-corrected chi connectivity index (χ4v) is 3.42. The van der Waals surface area contributed by atoms with Crippen LogP contribution in [0.3, 0.4) is 0 Å². The van der Waals surface area contributed by atoms with Crippen molar-refractivity contribution in [3.8, 4) is 11.5 Å². The Morgan fingerprint density at radius 3 is 1.86 bits per heavy atom. The highest BCUT2D eigenvalue weighted by Gasteiger charge is 2.18. The van der Waals surface area contributed by atoms with Gasteiger partial charge < -0.3 is 33.3 Å². The van der Waals surface area contributed by atoms with Gasteiger partial charge in [0.2, 0.25) is 11.5 Å². The summed E-state index contributed by atoms with van der Waals surface area (Å²) < 4.78 is 26.7. The van der Waals surface area contributed by atoms with E-state index in [2.05, 4.69) is 0 Å². The van der Waals surface area contributed by atoms with Gasteiger partial charge in [0, 0.05) is 12.1 Å². The van der Waals surface area contributed by atoms with Gasteiger partial charge in [0.15, 0.2) is 10.9 Å². The molecule has 0 fully saturated rings. The number of aliphatic hydroxyl groups excluding tert-OH is 1. The molecule has 2 aromatic heterocycles. The van der Waals surface area contributed by atoms with Gasteiger partial charge in [-0.3, -0.25) is 9.59 Å². The van der Waals surface area contributed by atoms with E-state index in [1.807, 2.05) is 0 Å². The third-order valence-electron chi connectivity index (χ3n) is 4.98. The number of rotatable bonds is 9. The lowest BCUT2D eigenvalue weighted by Crippen LogP contribution is -2.25. The number of benzene rings is 2. The average molecular weight is 496 g/mol. The minimum absolute atomic E-state index is 0.0211. The molecule has 4 aromatic rings. The molecule has 2 heterocycles. The standard InChI is InChI=1S/C25H20O11/c1-2-32-25(31)21-10-15(28)23-17(6-4-8-19(23)36-21)34-12-13(26)11-33-16-5-3-7-18-22(16)14(27)9-20(35-18)24(29)30/h3-10,13,26H,2,11-12H2,1H3,(H,29,30). The van der Waals surface area contributed by atoms with Crippen molar-refractivity contribution in [2.45, 2.75) is 13.0 Å². The van der Waals surface area contributed by atoms with Gasteiger partial charge in [0.05, 0.1) is 6.61 Å². The second kappa shape index (κ2) is 10.3. The second-order valence-corrected chi connectivity index (χ2v) is 7.51. The molecule has 0 saturated heterocycles. The Hall–Kier alpha value is -4.64. The number of hydrogen-bond donors (Lipinski definition) is 2. The first-order chi connectivity index (χ1) is 17.3. The first kappa shape index (κ1) is 24.5. The van der Waals surface area contributed by atoms with E-state index in [1.165, 1.54) is 30.3 Å². The fourth-order valence-electron chi connectivity index (χ4n) is 3.42. The minimum atomic E-state index is -1.38. The van der Waals surface area contributed by atoms with Gasteiger partial charge >= 0.3 is 11.9 Å². The van der Waals surface area contributed by atoms with Gasteiger partial charge in [-0.25, -0.2) is 9.59 Å². The topological polar surface area (TPSA) is 163 Å². The zero-order valence-electron chi connectivity index (χ0n) is 18.9. The van der Waals surface area contributed by atoms with Crippen LogP contribution in [0.1, 0.15) is 28.0 Å². The molecule has 2 N–H and O–H groups in total. The molecule has 186 valence electrons. The van der Waals surface area contributed by atoms with Crippen LogP contribution in [0.15, 0.2) is 67.0 Å². The Labute approximate surface area is 202 Å². The molecule has 0 aliphatic carbocycles.